The van der Waals surface area contributed by atoms with E-state index in [0.717, 1.165) is 25.8 Å². The molecule has 3 aliphatic rings. The van der Waals surface area contributed by atoms with Gasteiger partial charge in [-0.25, -0.2) is 4.79 Å². The molecule has 3 amide bonds. The van der Waals surface area contributed by atoms with Crippen molar-refractivity contribution >= 4 is 17.9 Å². The smallest absolute Gasteiger partial charge is 0.325 e. The average Bonchev–Trinajstić information content (AvgIpc) is 3.00. The zero-order valence-corrected chi connectivity index (χ0v) is 13.1. The Labute approximate surface area is 129 Å². The van der Waals surface area contributed by atoms with Crippen LogP contribution in [-0.4, -0.2) is 64.5 Å². The van der Waals surface area contributed by atoms with Gasteiger partial charge < -0.3 is 15.3 Å². The van der Waals surface area contributed by atoms with Gasteiger partial charge in [0.05, 0.1) is 5.41 Å². The van der Waals surface area contributed by atoms with Crippen molar-refractivity contribution in [2.75, 3.05) is 26.2 Å². The number of fused-ring (bicyclic) bond motifs is 1. The number of aliphatic carboxylic acids is 1. The summed E-state index contributed by atoms with van der Waals surface area (Å²) in [6, 6.07) is -0.359. The van der Waals surface area contributed by atoms with Gasteiger partial charge in [0.15, 0.2) is 0 Å². The highest BCUT2D eigenvalue weighted by atomic mass is 16.4. The fourth-order valence-corrected chi connectivity index (χ4v) is 4.18. The number of carboxylic acids is 1. The standard InChI is InChI=1S/C15H23N3O4/c1-14(2)11(19)18(13(22)16-14)7-6-17-8-10-4-3-5-15(10,9-17)12(20)21/h10H,3-9H2,1-2H3,(H,16,22)(H,20,21)/t10-,15+/m0/s1. The number of amides is 3. The van der Waals surface area contributed by atoms with Crippen LogP contribution < -0.4 is 5.32 Å². The third kappa shape index (κ3) is 2.18. The fourth-order valence-electron chi connectivity index (χ4n) is 4.18. The van der Waals surface area contributed by atoms with Crippen LogP contribution in [0.2, 0.25) is 0 Å². The van der Waals surface area contributed by atoms with Crippen molar-refractivity contribution in [2.45, 2.75) is 38.6 Å². The molecule has 2 saturated heterocycles. The Balaban J connectivity index is 1.61. The van der Waals surface area contributed by atoms with Gasteiger partial charge in [-0.2, -0.15) is 0 Å². The molecule has 122 valence electrons. The quantitative estimate of drug-likeness (QED) is 0.738. The lowest BCUT2D eigenvalue weighted by Gasteiger charge is -2.24. The molecule has 0 unspecified atom stereocenters. The van der Waals surface area contributed by atoms with E-state index in [0.29, 0.717) is 19.6 Å². The lowest BCUT2D eigenvalue weighted by atomic mass is 9.81. The fraction of sp³-hybridized carbons (Fsp3) is 0.800. The highest BCUT2D eigenvalue weighted by Crippen LogP contribution is 2.48. The van der Waals surface area contributed by atoms with Gasteiger partial charge in [-0.15, -0.1) is 0 Å². The number of rotatable bonds is 4. The highest BCUT2D eigenvalue weighted by molar-refractivity contribution is 6.06. The minimum absolute atomic E-state index is 0.199. The molecule has 0 radical (unpaired) electrons. The number of urea groups is 1. The summed E-state index contributed by atoms with van der Waals surface area (Å²) in [7, 11) is 0. The molecule has 2 N–H and O–H groups in total. The molecule has 22 heavy (non-hydrogen) atoms. The minimum atomic E-state index is -0.846. The molecule has 3 fully saturated rings. The topological polar surface area (TPSA) is 90.0 Å². The van der Waals surface area contributed by atoms with Crippen LogP contribution >= 0.6 is 0 Å². The molecule has 2 aliphatic heterocycles. The Kier molecular flexibility index (Phi) is 3.43. The summed E-state index contributed by atoms with van der Waals surface area (Å²) in [6.07, 6.45) is 2.67. The van der Waals surface area contributed by atoms with Crippen molar-refractivity contribution in [3.63, 3.8) is 0 Å². The summed E-state index contributed by atoms with van der Waals surface area (Å²) in [5, 5.41) is 12.2. The molecule has 7 nitrogen and oxygen atoms in total. The molecule has 0 bridgehead atoms. The molecular weight excluding hydrogens is 286 g/mol. The van der Waals surface area contributed by atoms with Crippen LogP contribution in [-0.2, 0) is 9.59 Å². The Morgan fingerprint density at radius 3 is 2.64 bits per heavy atom. The van der Waals surface area contributed by atoms with E-state index in [1.165, 1.54) is 4.90 Å². The second kappa shape index (κ2) is 4.94. The Morgan fingerprint density at radius 1 is 1.36 bits per heavy atom. The molecule has 1 saturated carbocycles. The molecule has 0 aromatic heterocycles. The highest BCUT2D eigenvalue weighted by Gasteiger charge is 2.54. The molecule has 2 heterocycles. The first-order valence-corrected chi connectivity index (χ1v) is 7.86. The Hall–Kier alpha value is -1.63. The van der Waals surface area contributed by atoms with E-state index < -0.39 is 16.9 Å². The maximum atomic E-state index is 12.1. The van der Waals surface area contributed by atoms with Crippen LogP contribution in [0.15, 0.2) is 0 Å². The zero-order valence-electron chi connectivity index (χ0n) is 13.1. The SMILES string of the molecule is CC1(C)NC(=O)N(CCN2C[C@@H]3CCC[C@@]3(C(=O)O)C2)C1=O. The first kappa shape index (κ1) is 15.3. The van der Waals surface area contributed by atoms with Crippen LogP contribution in [0.3, 0.4) is 0 Å². The van der Waals surface area contributed by atoms with Gasteiger partial charge in [-0.3, -0.25) is 14.5 Å². The van der Waals surface area contributed by atoms with Gasteiger partial charge in [0, 0.05) is 26.2 Å². The lowest BCUT2D eigenvalue weighted by Crippen LogP contribution is -2.42. The Bertz CT molecular complexity index is 533. The normalized spacial score (nSPS) is 34.1. The van der Waals surface area contributed by atoms with Gasteiger partial charge in [0.1, 0.15) is 5.54 Å². The number of hydrogen-bond acceptors (Lipinski definition) is 4. The third-order valence-corrected chi connectivity index (χ3v) is 5.45. The largest absolute Gasteiger partial charge is 0.481 e. The number of imide groups is 1. The van der Waals surface area contributed by atoms with Crippen LogP contribution in [0.25, 0.3) is 0 Å². The number of hydrogen-bond donors (Lipinski definition) is 2. The summed E-state index contributed by atoms with van der Waals surface area (Å²) in [4.78, 5) is 39.0. The molecule has 0 aromatic carbocycles. The van der Waals surface area contributed by atoms with Crippen molar-refractivity contribution in [1.29, 1.82) is 0 Å². The van der Waals surface area contributed by atoms with E-state index in [1.54, 1.807) is 13.8 Å². The first-order chi connectivity index (χ1) is 10.3. The number of carbonyl (C=O) groups excluding carboxylic acids is 2. The molecule has 1 aliphatic carbocycles. The monoisotopic (exact) mass is 309 g/mol. The van der Waals surface area contributed by atoms with Crippen LogP contribution in [0, 0.1) is 11.3 Å². The molecule has 0 spiro atoms. The predicted octanol–water partition coefficient (Wildman–Crippen LogP) is 0.503. The maximum absolute atomic E-state index is 12.1. The van der Waals surface area contributed by atoms with E-state index >= 15 is 0 Å². The van der Waals surface area contributed by atoms with Gasteiger partial charge in [-0.05, 0) is 32.6 Å². The summed E-state index contributed by atoms with van der Waals surface area (Å²) in [6.45, 7) is 5.51. The van der Waals surface area contributed by atoms with Gasteiger partial charge in [-0.1, -0.05) is 6.42 Å². The number of likely N-dealkylation sites (tertiary alicyclic amines) is 1. The lowest BCUT2D eigenvalue weighted by molar-refractivity contribution is -0.149. The molecule has 2 atom stereocenters. The number of nitrogens with zero attached hydrogens (tertiary/aromatic N) is 2. The molecule has 0 aromatic rings. The number of carboxylic acid groups (broad SMARTS) is 1. The van der Waals surface area contributed by atoms with Crippen LogP contribution in [0.1, 0.15) is 33.1 Å². The van der Waals surface area contributed by atoms with Crippen molar-refractivity contribution in [2.24, 2.45) is 11.3 Å². The summed E-state index contributed by atoms with van der Waals surface area (Å²) >= 11 is 0. The molecule has 3 rings (SSSR count). The van der Waals surface area contributed by atoms with Crippen molar-refractivity contribution in [3.05, 3.63) is 0 Å². The summed E-state index contributed by atoms with van der Waals surface area (Å²) in [5.41, 5.74) is -1.46. The maximum Gasteiger partial charge on any atom is 0.325 e. The second-order valence-electron chi connectivity index (χ2n) is 7.30. The van der Waals surface area contributed by atoms with Gasteiger partial charge >= 0.3 is 12.0 Å². The Morgan fingerprint density at radius 2 is 2.09 bits per heavy atom. The molecule has 7 heteroatoms. The van der Waals surface area contributed by atoms with E-state index in [2.05, 4.69) is 10.2 Å². The van der Waals surface area contributed by atoms with E-state index in [1.807, 2.05) is 0 Å². The first-order valence-electron chi connectivity index (χ1n) is 7.86. The summed E-state index contributed by atoms with van der Waals surface area (Å²) in [5.74, 6) is -0.719. The average molecular weight is 309 g/mol. The van der Waals surface area contributed by atoms with Crippen molar-refractivity contribution in [1.82, 2.24) is 15.1 Å². The number of carbonyl (C=O) groups is 3. The zero-order chi connectivity index (χ0) is 16.1. The van der Waals surface area contributed by atoms with E-state index in [4.69, 9.17) is 0 Å². The predicted molar refractivity (Wildman–Crippen MR) is 78.2 cm³/mol. The van der Waals surface area contributed by atoms with Crippen LogP contribution in [0.4, 0.5) is 4.79 Å². The molecular formula is C15H23N3O4. The van der Waals surface area contributed by atoms with Crippen LogP contribution in [0.5, 0.6) is 0 Å². The van der Waals surface area contributed by atoms with Crippen molar-refractivity contribution < 1.29 is 19.5 Å². The summed E-state index contributed by atoms with van der Waals surface area (Å²) < 4.78 is 0. The minimum Gasteiger partial charge on any atom is -0.481 e. The van der Waals surface area contributed by atoms with E-state index in [9.17, 15) is 19.5 Å². The van der Waals surface area contributed by atoms with E-state index in [-0.39, 0.29) is 17.9 Å². The third-order valence-electron chi connectivity index (χ3n) is 5.45. The number of nitrogens with one attached hydrogen (secondary N) is 1. The van der Waals surface area contributed by atoms with Crippen molar-refractivity contribution in [3.8, 4) is 0 Å². The second-order valence-corrected chi connectivity index (χ2v) is 7.30. The van der Waals surface area contributed by atoms with Gasteiger partial charge in [0.25, 0.3) is 5.91 Å². The van der Waals surface area contributed by atoms with Gasteiger partial charge in [0.2, 0.25) is 0 Å².